The predicted molar refractivity (Wildman–Crippen MR) is 133 cm³/mol. The minimum atomic E-state index is -0.575. The van der Waals surface area contributed by atoms with Gasteiger partial charge in [-0.1, -0.05) is 69.9 Å². The normalized spacial score (nSPS) is 15.7. The van der Waals surface area contributed by atoms with Gasteiger partial charge in [0.25, 0.3) is 5.56 Å². The maximum absolute atomic E-state index is 12.8. The summed E-state index contributed by atoms with van der Waals surface area (Å²) in [5.74, 6) is -0.363. The first kappa shape index (κ1) is 24.6. The molecule has 1 aliphatic heterocycles. The monoisotopic (exact) mass is 452 g/mol. The van der Waals surface area contributed by atoms with E-state index in [1.165, 1.54) is 58.2 Å². The molecule has 7 nitrogen and oxygen atoms in total. The molecule has 33 heavy (non-hydrogen) atoms. The van der Waals surface area contributed by atoms with Crippen LogP contribution in [0.1, 0.15) is 81.5 Å². The van der Waals surface area contributed by atoms with Crippen molar-refractivity contribution in [3.63, 3.8) is 0 Å². The predicted octanol–water partition coefficient (Wildman–Crippen LogP) is 4.38. The summed E-state index contributed by atoms with van der Waals surface area (Å²) < 4.78 is 2.06. The molecule has 7 heteroatoms. The second-order valence-electron chi connectivity index (χ2n) is 9.01. The zero-order valence-corrected chi connectivity index (χ0v) is 20.3. The highest BCUT2D eigenvalue weighted by Gasteiger charge is 2.33. The van der Waals surface area contributed by atoms with Crippen LogP contribution in [0.25, 0.3) is 0 Å². The standard InChI is InChI=1S/C26H36N4O3/c1-6-7-8-9-10-11-12-19-13-15-20(16-14-19)22-17-21(27-30(22)18(2)3)23-24(31)28(4)26(33)29(5)25(23)32/h13-16,22,31H,2,6-12,17H2,1,3-5H3. The summed E-state index contributed by atoms with van der Waals surface area (Å²) in [6.07, 6.45) is 9.20. The number of hydrogen-bond donors (Lipinski definition) is 1. The Labute approximate surface area is 195 Å². The number of hydrazone groups is 1. The third kappa shape index (κ3) is 5.29. The zero-order valence-electron chi connectivity index (χ0n) is 20.3. The van der Waals surface area contributed by atoms with Gasteiger partial charge in [0.2, 0.25) is 5.88 Å². The average molecular weight is 453 g/mol. The Morgan fingerprint density at radius 1 is 1.06 bits per heavy atom. The maximum Gasteiger partial charge on any atom is 0.333 e. The topological polar surface area (TPSA) is 79.8 Å². The Balaban J connectivity index is 1.78. The molecule has 0 amide bonds. The number of aromatic hydroxyl groups is 1. The summed E-state index contributed by atoms with van der Waals surface area (Å²) in [6, 6.07) is 8.44. The molecule has 0 radical (unpaired) electrons. The Kier molecular flexibility index (Phi) is 7.95. The number of nitrogens with zero attached hydrogens (tertiary/aromatic N) is 4. The highest BCUT2D eigenvalue weighted by Crippen LogP contribution is 2.35. The first-order valence-electron chi connectivity index (χ1n) is 11.9. The van der Waals surface area contributed by atoms with E-state index in [9.17, 15) is 14.7 Å². The fourth-order valence-electron chi connectivity index (χ4n) is 4.37. The van der Waals surface area contributed by atoms with E-state index in [0.717, 1.165) is 26.8 Å². The van der Waals surface area contributed by atoms with E-state index >= 15 is 0 Å². The number of rotatable bonds is 10. The molecule has 1 N–H and O–H groups in total. The van der Waals surface area contributed by atoms with Crippen LogP contribution in [0.5, 0.6) is 5.88 Å². The van der Waals surface area contributed by atoms with Crippen LogP contribution in [0.15, 0.2) is 51.2 Å². The van der Waals surface area contributed by atoms with Gasteiger partial charge >= 0.3 is 5.69 Å². The Morgan fingerprint density at radius 2 is 1.70 bits per heavy atom. The van der Waals surface area contributed by atoms with Crippen LogP contribution in [0.2, 0.25) is 0 Å². The van der Waals surface area contributed by atoms with Gasteiger partial charge in [0, 0.05) is 26.2 Å². The summed E-state index contributed by atoms with van der Waals surface area (Å²) in [5, 5.41) is 17.0. The summed E-state index contributed by atoms with van der Waals surface area (Å²) in [4.78, 5) is 24.9. The molecule has 3 rings (SSSR count). The SMILES string of the molecule is C=C(C)N1N=C(c2c(O)n(C)c(=O)n(C)c2=O)CC1c1ccc(CCCCCCCC)cc1. The van der Waals surface area contributed by atoms with Crippen LogP contribution in [0, 0.1) is 0 Å². The number of unbranched alkanes of at least 4 members (excludes halogenated alkanes) is 5. The molecular weight excluding hydrogens is 416 g/mol. The van der Waals surface area contributed by atoms with Crippen molar-refractivity contribution in [3.05, 3.63) is 74.1 Å². The lowest BCUT2D eigenvalue weighted by Crippen LogP contribution is -2.39. The number of aromatic nitrogens is 2. The van der Waals surface area contributed by atoms with Crippen molar-refractivity contribution >= 4 is 5.71 Å². The molecule has 2 aromatic rings. The number of hydrogen-bond acceptors (Lipinski definition) is 5. The van der Waals surface area contributed by atoms with Gasteiger partial charge in [0.05, 0.1) is 11.8 Å². The van der Waals surface area contributed by atoms with Crippen molar-refractivity contribution < 1.29 is 5.11 Å². The van der Waals surface area contributed by atoms with Crippen molar-refractivity contribution in [2.75, 3.05) is 0 Å². The molecular formula is C26H36N4O3. The lowest BCUT2D eigenvalue weighted by Gasteiger charge is -2.24. The van der Waals surface area contributed by atoms with E-state index in [0.29, 0.717) is 12.1 Å². The molecule has 0 saturated carbocycles. The lowest BCUT2D eigenvalue weighted by atomic mass is 9.97. The highest BCUT2D eigenvalue weighted by molar-refractivity contribution is 6.03. The van der Waals surface area contributed by atoms with E-state index in [1.807, 2.05) is 6.92 Å². The number of allylic oxidation sites excluding steroid dienone is 1. The van der Waals surface area contributed by atoms with Crippen LogP contribution in [0.3, 0.4) is 0 Å². The molecule has 0 aliphatic carbocycles. The van der Waals surface area contributed by atoms with Gasteiger partial charge in [0.1, 0.15) is 5.56 Å². The Hall–Kier alpha value is -3.09. The van der Waals surface area contributed by atoms with E-state index < -0.39 is 11.2 Å². The largest absolute Gasteiger partial charge is 0.494 e. The molecule has 0 fully saturated rings. The van der Waals surface area contributed by atoms with E-state index in [-0.39, 0.29) is 17.5 Å². The van der Waals surface area contributed by atoms with Gasteiger partial charge in [-0.15, -0.1) is 0 Å². The molecule has 1 atom stereocenters. The van der Waals surface area contributed by atoms with Crippen molar-refractivity contribution in [1.29, 1.82) is 0 Å². The Morgan fingerprint density at radius 3 is 2.33 bits per heavy atom. The lowest BCUT2D eigenvalue weighted by molar-refractivity contribution is 0.301. The number of benzene rings is 1. The minimum Gasteiger partial charge on any atom is -0.494 e. The van der Waals surface area contributed by atoms with Gasteiger partial charge in [-0.05, 0) is 30.9 Å². The summed E-state index contributed by atoms with van der Waals surface area (Å²) in [6.45, 7) is 8.14. The molecule has 0 spiro atoms. The second kappa shape index (κ2) is 10.7. The van der Waals surface area contributed by atoms with Crippen LogP contribution in [-0.4, -0.2) is 25.0 Å². The van der Waals surface area contributed by atoms with E-state index in [2.05, 4.69) is 42.9 Å². The third-order valence-corrected chi connectivity index (χ3v) is 6.41. The van der Waals surface area contributed by atoms with E-state index in [1.54, 1.807) is 5.01 Å². The van der Waals surface area contributed by atoms with Crippen LogP contribution in [-0.2, 0) is 20.5 Å². The highest BCUT2D eigenvalue weighted by atomic mass is 16.3. The minimum absolute atomic E-state index is 0.0630. The summed E-state index contributed by atoms with van der Waals surface area (Å²) in [7, 11) is 2.84. The van der Waals surface area contributed by atoms with Gasteiger partial charge in [0.15, 0.2) is 0 Å². The molecule has 1 unspecified atom stereocenters. The maximum atomic E-state index is 12.8. The number of aryl methyl sites for hydroxylation is 1. The summed E-state index contributed by atoms with van der Waals surface area (Å²) in [5.41, 5.74) is 2.53. The zero-order chi connectivity index (χ0) is 24.1. The fraction of sp³-hybridized carbons (Fsp3) is 0.500. The van der Waals surface area contributed by atoms with Gasteiger partial charge in [-0.25, -0.2) is 4.79 Å². The molecule has 0 bridgehead atoms. The van der Waals surface area contributed by atoms with Crippen molar-refractivity contribution in [3.8, 4) is 5.88 Å². The summed E-state index contributed by atoms with van der Waals surface area (Å²) >= 11 is 0. The second-order valence-corrected chi connectivity index (χ2v) is 9.01. The third-order valence-electron chi connectivity index (χ3n) is 6.41. The van der Waals surface area contributed by atoms with Crippen LogP contribution < -0.4 is 11.2 Å². The molecule has 2 heterocycles. The van der Waals surface area contributed by atoms with Gasteiger partial charge in [-0.2, -0.15) is 5.10 Å². The van der Waals surface area contributed by atoms with Crippen LogP contribution in [0.4, 0.5) is 0 Å². The van der Waals surface area contributed by atoms with E-state index in [4.69, 9.17) is 0 Å². The van der Waals surface area contributed by atoms with Crippen LogP contribution >= 0.6 is 0 Å². The quantitative estimate of drug-likeness (QED) is 0.543. The van der Waals surface area contributed by atoms with Crippen molar-refractivity contribution in [2.24, 2.45) is 19.2 Å². The first-order valence-corrected chi connectivity index (χ1v) is 11.9. The Bertz CT molecular complexity index is 1140. The molecule has 0 saturated heterocycles. The van der Waals surface area contributed by atoms with Crippen molar-refractivity contribution in [2.45, 2.75) is 71.3 Å². The molecule has 1 aromatic carbocycles. The van der Waals surface area contributed by atoms with Gasteiger partial charge in [-0.3, -0.25) is 18.9 Å². The smallest absolute Gasteiger partial charge is 0.333 e. The average Bonchev–Trinajstić information content (AvgIpc) is 3.24. The molecule has 1 aliphatic rings. The molecule has 1 aromatic heterocycles. The van der Waals surface area contributed by atoms with Gasteiger partial charge < -0.3 is 5.11 Å². The molecule has 178 valence electrons. The fourth-order valence-corrected chi connectivity index (χ4v) is 4.37. The van der Waals surface area contributed by atoms with Crippen molar-refractivity contribution in [1.82, 2.24) is 14.1 Å². The first-order chi connectivity index (χ1) is 15.8.